The minimum atomic E-state index is -0.624. The molecular formula is C19H14ClN5O3. The molecule has 140 valence electrons. The number of nitrogens with zero attached hydrogens (tertiary/aromatic N) is 4. The first-order valence-electron chi connectivity index (χ1n) is 8.79. The lowest BCUT2D eigenvalue weighted by atomic mass is 10.0. The number of rotatable bonds is 2. The van der Waals surface area contributed by atoms with Crippen LogP contribution in [-0.2, 0) is 16.1 Å². The predicted molar refractivity (Wildman–Crippen MR) is 99.5 cm³/mol. The largest absolute Gasteiger partial charge is 0.322 e. The van der Waals surface area contributed by atoms with Gasteiger partial charge in [-0.3, -0.25) is 19.7 Å². The Bertz CT molecular complexity index is 1170. The molecule has 1 saturated heterocycles. The number of benzene rings is 1. The van der Waals surface area contributed by atoms with Gasteiger partial charge in [0.2, 0.25) is 11.8 Å². The Morgan fingerprint density at radius 3 is 2.86 bits per heavy atom. The summed E-state index contributed by atoms with van der Waals surface area (Å²) in [7, 11) is 0. The lowest BCUT2D eigenvalue weighted by Gasteiger charge is -2.29. The van der Waals surface area contributed by atoms with Gasteiger partial charge in [0.1, 0.15) is 11.1 Å². The maximum Gasteiger partial charge on any atom is 0.255 e. The number of carbonyl (C=O) groups is 3. The number of hydrogen-bond donors (Lipinski definition) is 1. The van der Waals surface area contributed by atoms with Crippen molar-refractivity contribution in [2.45, 2.75) is 25.4 Å². The number of nitrogens with one attached hydrogen (secondary N) is 1. The molecular weight excluding hydrogens is 382 g/mol. The fourth-order valence-electron chi connectivity index (χ4n) is 3.74. The molecule has 2 aromatic heterocycles. The molecule has 1 fully saturated rings. The fourth-order valence-corrected chi connectivity index (χ4v) is 3.91. The van der Waals surface area contributed by atoms with Crippen LogP contribution in [0.15, 0.2) is 36.7 Å². The second-order valence-electron chi connectivity index (χ2n) is 6.85. The van der Waals surface area contributed by atoms with Crippen molar-refractivity contribution in [2.75, 3.05) is 0 Å². The molecule has 3 amide bonds. The van der Waals surface area contributed by atoms with Gasteiger partial charge in [0, 0.05) is 30.3 Å². The summed E-state index contributed by atoms with van der Waals surface area (Å²) in [4.78, 5) is 42.4. The molecule has 28 heavy (non-hydrogen) atoms. The molecule has 5 rings (SSSR count). The topological polar surface area (TPSA) is 96.7 Å². The molecule has 0 saturated carbocycles. The minimum Gasteiger partial charge on any atom is -0.322 e. The number of hydrogen-bond acceptors (Lipinski definition) is 5. The Morgan fingerprint density at radius 2 is 2.04 bits per heavy atom. The van der Waals surface area contributed by atoms with E-state index in [0.29, 0.717) is 34.9 Å². The summed E-state index contributed by atoms with van der Waals surface area (Å²) in [6.45, 7) is 0.323. The Labute approximate surface area is 164 Å². The first kappa shape index (κ1) is 16.9. The molecule has 0 bridgehead atoms. The first-order valence-corrected chi connectivity index (χ1v) is 9.17. The molecule has 1 atom stereocenters. The summed E-state index contributed by atoms with van der Waals surface area (Å²) in [6, 6.07) is 6.69. The van der Waals surface area contributed by atoms with E-state index in [1.54, 1.807) is 16.8 Å². The molecule has 2 aliphatic heterocycles. The first-order chi connectivity index (χ1) is 13.5. The van der Waals surface area contributed by atoms with Crippen molar-refractivity contribution in [1.29, 1.82) is 0 Å². The van der Waals surface area contributed by atoms with Crippen LogP contribution < -0.4 is 5.32 Å². The Balaban J connectivity index is 1.47. The maximum atomic E-state index is 12.8. The second-order valence-corrected chi connectivity index (χ2v) is 7.25. The molecule has 3 aromatic rings. The van der Waals surface area contributed by atoms with E-state index in [9.17, 15) is 14.4 Å². The molecule has 4 heterocycles. The lowest BCUT2D eigenvalue weighted by molar-refractivity contribution is -0.136. The van der Waals surface area contributed by atoms with Crippen molar-refractivity contribution in [3.8, 4) is 11.3 Å². The Kier molecular flexibility index (Phi) is 3.70. The van der Waals surface area contributed by atoms with E-state index in [-0.39, 0.29) is 18.2 Å². The van der Waals surface area contributed by atoms with Crippen LogP contribution in [0.3, 0.4) is 0 Å². The van der Waals surface area contributed by atoms with Crippen molar-refractivity contribution in [3.05, 3.63) is 52.8 Å². The van der Waals surface area contributed by atoms with Crippen molar-refractivity contribution < 1.29 is 14.4 Å². The zero-order valence-electron chi connectivity index (χ0n) is 14.6. The highest BCUT2D eigenvalue weighted by atomic mass is 35.5. The molecule has 9 heteroatoms. The summed E-state index contributed by atoms with van der Waals surface area (Å²) < 4.78 is 1.59. The zero-order chi connectivity index (χ0) is 19.4. The van der Waals surface area contributed by atoms with E-state index in [2.05, 4.69) is 15.4 Å². The lowest BCUT2D eigenvalue weighted by Crippen LogP contribution is -2.52. The fraction of sp³-hybridized carbons (Fsp3) is 0.211. The molecule has 0 spiro atoms. The third-order valence-corrected chi connectivity index (χ3v) is 5.41. The highest BCUT2D eigenvalue weighted by molar-refractivity contribution is 6.33. The summed E-state index contributed by atoms with van der Waals surface area (Å²) in [5.74, 6) is -0.911. The van der Waals surface area contributed by atoms with Crippen LogP contribution in [0.1, 0.15) is 28.8 Å². The molecule has 0 radical (unpaired) electrons. The van der Waals surface area contributed by atoms with E-state index in [1.807, 2.05) is 18.2 Å². The number of piperidine rings is 1. The highest BCUT2D eigenvalue weighted by Crippen LogP contribution is 2.31. The van der Waals surface area contributed by atoms with Gasteiger partial charge in [0.25, 0.3) is 5.91 Å². The van der Waals surface area contributed by atoms with Crippen molar-refractivity contribution in [2.24, 2.45) is 0 Å². The molecule has 2 aliphatic rings. The minimum absolute atomic E-state index is 0.196. The standard InChI is InChI=1S/C19H14ClN5O3/c20-13-8-21-25-6-5-14(22-17(13)25)10-1-2-12-11(7-10)9-24(19(12)28)15-3-4-16(26)23-18(15)27/h1-2,5-8,15H,3-4,9H2,(H,23,26,27)/t15-/m0/s1. The van der Waals surface area contributed by atoms with Crippen LogP contribution in [0.4, 0.5) is 0 Å². The smallest absolute Gasteiger partial charge is 0.255 e. The maximum absolute atomic E-state index is 12.8. The normalized spacial score (nSPS) is 19.2. The van der Waals surface area contributed by atoms with Crippen LogP contribution in [0.5, 0.6) is 0 Å². The number of aromatic nitrogens is 3. The van der Waals surface area contributed by atoms with Gasteiger partial charge >= 0.3 is 0 Å². The molecule has 0 aliphatic carbocycles. The zero-order valence-corrected chi connectivity index (χ0v) is 15.3. The predicted octanol–water partition coefficient (Wildman–Crippen LogP) is 1.81. The Morgan fingerprint density at radius 1 is 1.18 bits per heavy atom. The summed E-state index contributed by atoms with van der Waals surface area (Å²) in [5, 5.41) is 6.87. The van der Waals surface area contributed by atoms with Gasteiger partial charge in [-0.1, -0.05) is 17.7 Å². The number of amides is 3. The summed E-state index contributed by atoms with van der Waals surface area (Å²) in [5.41, 5.74) is 3.51. The Hall–Kier alpha value is -3.26. The van der Waals surface area contributed by atoms with Gasteiger partial charge in [0.15, 0.2) is 5.65 Å². The van der Waals surface area contributed by atoms with Crippen LogP contribution in [0, 0.1) is 0 Å². The van der Waals surface area contributed by atoms with Crippen LogP contribution in [0.2, 0.25) is 5.02 Å². The quantitative estimate of drug-likeness (QED) is 0.667. The molecule has 8 nitrogen and oxygen atoms in total. The van der Waals surface area contributed by atoms with Crippen molar-refractivity contribution in [3.63, 3.8) is 0 Å². The highest BCUT2D eigenvalue weighted by Gasteiger charge is 2.39. The molecule has 1 aromatic carbocycles. The van der Waals surface area contributed by atoms with Gasteiger partial charge in [0.05, 0.1) is 11.9 Å². The van der Waals surface area contributed by atoms with Crippen molar-refractivity contribution in [1.82, 2.24) is 24.8 Å². The van der Waals surface area contributed by atoms with Gasteiger partial charge in [-0.05, 0) is 30.2 Å². The van der Waals surface area contributed by atoms with Gasteiger partial charge in [-0.2, -0.15) is 5.10 Å². The SMILES string of the molecule is O=C1CC[C@H](N2Cc3cc(-c4ccn5ncc(Cl)c5n4)ccc3C2=O)C(=O)N1. The average molecular weight is 396 g/mol. The van der Waals surface area contributed by atoms with Crippen LogP contribution in [0.25, 0.3) is 16.9 Å². The number of fused-ring (bicyclic) bond motifs is 2. The van der Waals surface area contributed by atoms with Crippen molar-refractivity contribution >= 4 is 35.0 Å². The average Bonchev–Trinajstić information content (AvgIpc) is 3.21. The van der Waals surface area contributed by atoms with E-state index in [1.165, 1.54) is 11.1 Å². The van der Waals surface area contributed by atoms with E-state index in [0.717, 1.165) is 11.1 Å². The number of carbonyl (C=O) groups excluding carboxylic acids is 3. The van der Waals surface area contributed by atoms with Crippen LogP contribution in [-0.4, -0.2) is 43.3 Å². The van der Waals surface area contributed by atoms with E-state index >= 15 is 0 Å². The summed E-state index contributed by atoms with van der Waals surface area (Å²) >= 11 is 6.12. The van der Waals surface area contributed by atoms with E-state index in [4.69, 9.17) is 11.6 Å². The summed E-state index contributed by atoms with van der Waals surface area (Å²) in [6.07, 6.45) is 3.89. The number of halogens is 1. The molecule has 0 unspecified atom stereocenters. The third kappa shape index (κ3) is 2.56. The third-order valence-electron chi connectivity index (χ3n) is 5.15. The van der Waals surface area contributed by atoms with Gasteiger partial charge < -0.3 is 4.90 Å². The van der Waals surface area contributed by atoms with Gasteiger partial charge in [-0.25, -0.2) is 9.50 Å². The number of imide groups is 1. The van der Waals surface area contributed by atoms with E-state index < -0.39 is 11.9 Å². The van der Waals surface area contributed by atoms with Gasteiger partial charge in [-0.15, -0.1) is 0 Å². The second kappa shape index (κ2) is 6.13. The molecule has 1 N–H and O–H groups in total. The van der Waals surface area contributed by atoms with Crippen LogP contribution >= 0.6 is 11.6 Å². The monoisotopic (exact) mass is 395 g/mol.